The van der Waals surface area contributed by atoms with E-state index in [4.69, 9.17) is 14.7 Å². The second-order valence-electron chi connectivity index (χ2n) is 3.47. The van der Waals surface area contributed by atoms with Crippen molar-refractivity contribution in [2.45, 2.75) is 19.8 Å². The molecule has 0 amide bonds. The van der Waals surface area contributed by atoms with Gasteiger partial charge in [-0.1, -0.05) is 18.5 Å². The van der Waals surface area contributed by atoms with Gasteiger partial charge in [-0.25, -0.2) is 0 Å². The Morgan fingerprint density at radius 3 is 2.76 bits per heavy atom. The van der Waals surface area contributed by atoms with E-state index in [1.165, 1.54) is 6.21 Å². The number of hydrogen-bond acceptors (Lipinski definition) is 4. The highest BCUT2D eigenvalue weighted by Crippen LogP contribution is 2.33. The SMILES string of the molecule is CCCCOc1cc(Br)c(/C=N/O)cc1OC. The van der Waals surface area contributed by atoms with E-state index < -0.39 is 0 Å². The highest BCUT2D eigenvalue weighted by molar-refractivity contribution is 9.10. The van der Waals surface area contributed by atoms with E-state index in [1.807, 2.05) is 6.07 Å². The van der Waals surface area contributed by atoms with E-state index in [9.17, 15) is 0 Å². The molecule has 0 aromatic heterocycles. The summed E-state index contributed by atoms with van der Waals surface area (Å²) in [5, 5.41) is 11.5. The third kappa shape index (κ3) is 3.93. The van der Waals surface area contributed by atoms with E-state index in [1.54, 1.807) is 13.2 Å². The quantitative estimate of drug-likeness (QED) is 0.379. The molecule has 94 valence electrons. The summed E-state index contributed by atoms with van der Waals surface area (Å²) in [5.74, 6) is 1.31. The van der Waals surface area contributed by atoms with Gasteiger partial charge in [0.1, 0.15) is 0 Å². The van der Waals surface area contributed by atoms with Crippen molar-refractivity contribution < 1.29 is 14.7 Å². The number of methoxy groups -OCH3 is 1. The topological polar surface area (TPSA) is 51.0 Å². The molecule has 1 aromatic rings. The Labute approximate surface area is 109 Å². The first-order valence-electron chi connectivity index (χ1n) is 5.40. The van der Waals surface area contributed by atoms with Crippen molar-refractivity contribution in [2.75, 3.05) is 13.7 Å². The molecule has 1 rings (SSSR count). The summed E-state index contributed by atoms with van der Waals surface area (Å²) in [6, 6.07) is 3.57. The number of benzene rings is 1. The average Bonchev–Trinajstić information content (AvgIpc) is 2.33. The molecule has 5 heteroatoms. The highest BCUT2D eigenvalue weighted by atomic mass is 79.9. The zero-order valence-electron chi connectivity index (χ0n) is 9.94. The normalized spacial score (nSPS) is 10.8. The molecule has 0 heterocycles. The molecule has 0 radical (unpaired) electrons. The Morgan fingerprint density at radius 1 is 1.41 bits per heavy atom. The van der Waals surface area contributed by atoms with Crippen molar-refractivity contribution in [3.05, 3.63) is 22.2 Å². The molecule has 0 fully saturated rings. The van der Waals surface area contributed by atoms with Gasteiger partial charge in [-0.2, -0.15) is 0 Å². The van der Waals surface area contributed by atoms with Gasteiger partial charge >= 0.3 is 0 Å². The number of halogens is 1. The first-order valence-corrected chi connectivity index (χ1v) is 6.20. The van der Waals surface area contributed by atoms with E-state index in [0.29, 0.717) is 18.1 Å². The van der Waals surface area contributed by atoms with Gasteiger partial charge in [-0.15, -0.1) is 0 Å². The zero-order valence-corrected chi connectivity index (χ0v) is 11.5. The Kier molecular flexibility index (Phi) is 5.83. The van der Waals surface area contributed by atoms with Crippen molar-refractivity contribution in [1.82, 2.24) is 0 Å². The maximum Gasteiger partial charge on any atom is 0.162 e. The van der Waals surface area contributed by atoms with Crippen LogP contribution in [0.3, 0.4) is 0 Å². The number of unbranched alkanes of at least 4 members (excludes halogenated alkanes) is 1. The molecule has 0 aliphatic rings. The molecule has 0 saturated carbocycles. The molecule has 0 atom stereocenters. The first kappa shape index (κ1) is 13.8. The average molecular weight is 302 g/mol. The Morgan fingerprint density at radius 2 is 2.18 bits per heavy atom. The van der Waals surface area contributed by atoms with E-state index in [2.05, 4.69) is 28.0 Å². The monoisotopic (exact) mass is 301 g/mol. The summed E-state index contributed by atoms with van der Waals surface area (Å²) in [6.07, 6.45) is 3.42. The fraction of sp³-hybridized carbons (Fsp3) is 0.417. The van der Waals surface area contributed by atoms with Crippen LogP contribution < -0.4 is 9.47 Å². The third-order valence-electron chi connectivity index (χ3n) is 2.24. The van der Waals surface area contributed by atoms with Gasteiger partial charge in [0.25, 0.3) is 0 Å². The fourth-order valence-electron chi connectivity index (χ4n) is 1.31. The molecule has 0 aliphatic heterocycles. The van der Waals surface area contributed by atoms with Crippen LogP contribution in [0.1, 0.15) is 25.3 Å². The van der Waals surface area contributed by atoms with Crippen LogP contribution in [0, 0.1) is 0 Å². The van der Waals surface area contributed by atoms with Gasteiger partial charge in [0.15, 0.2) is 11.5 Å². The molecule has 17 heavy (non-hydrogen) atoms. The number of ether oxygens (including phenoxy) is 2. The van der Waals surface area contributed by atoms with Crippen LogP contribution in [0.4, 0.5) is 0 Å². The molecule has 4 nitrogen and oxygen atoms in total. The van der Waals surface area contributed by atoms with Crippen LogP contribution >= 0.6 is 15.9 Å². The number of nitrogens with zero attached hydrogens (tertiary/aromatic N) is 1. The fourth-order valence-corrected chi connectivity index (χ4v) is 1.74. The van der Waals surface area contributed by atoms with Crippen LogP contribution in [0.25, 0.3) is 0 Å². The van der Waals surface area contributed by atoms with Gasteiger partial charge in [0, 0.05) is 10.0 Å². The Bertz CT molecular complexity index is 394. The maximum atomic E-state index is 8.53. The lowest BCUT2D eigenvalue weighted by Gasteiger charge is -2.12. The zero-order chi connectivity index (χ0) is 12.7. The van der Waals surface area contributed by atoms with Crippen LogP contribution in [-0.2, 0) is 0 Å². The van der Waals surface area contributed by atoms with Crippen molar-refractivity contribution >= 4 is 22.1 Å². The van der Waals surface area contributed by atoms with Crippen molar-refractivity contribution in [3.63, 3.8) is 0 Å². The molecule has 1 N–H and O–H groups in total. The van der Waals surface area contributed by atoms with Gasteiger partial charge < -0.3 is 14.7 Å². The first-order chi connectivity index (χ1) is 8.22. The van der Waals surface area contributed by atoms with Crippen molar-refractivity contribution in [3.8, 4) is 11.5 Å². The summed E-state index contributed by atoms with van der Waals surface area (Å²) >= 11 is 3.38. The molecule has 0 bridgehead atoms. The minimum absolute atomic E-state index is 0.624. The van der Waals surface area contributed by atoms with Crippen molar-refractivity contribution in [1.29, 1.82) is 0 Å². The summed E-state index contributed by atoms with van der Waals surface area (Å²) in [7, 11) is 1.58. The molecule has 0 saturated heterocycles. The summed E-state index contributed by atoms with van der Waals surface area (Å²) in [4.78, 5) is 0. The molecule has 0 unspecified atom stereocenters. The van der Waals surface area contributed by atoms with E-state index in [0.717, 1.165) is 22.9 Å². The van der Waals surface area contributed by atoms with Gasteiger partial charge in [-0.05, 0) is 34.5 Å². The predicted molar refractivity (Wildman–Crippen MR) is 70.5 cm³/mol. The molecular formula is C12H16BrNO3. The van der Waals surface area contributed by atoms with Crippen LogP contribution in [0.15, 0.2) is 21.8 Å². The second kappa shape index (κ2) is 7.17. The molecule has 0 spiro atoms. The smallest absolute Gasteiger partial charge is 0.162 e. The van der Waals surface area contributed by atoms with E-state index in [-0.39, 0.29) is 0 Å². The minimum Gasteiger partial charge on any atom is -0.493 e. The van der Waals surface area contributed by atoms with Gasteiger partial charge in [0.2, 0.25) is 0 Å². The van der Waals surface area contributed by atoms with E-state index >= 15 is 0 Å². The molecule has 0 aliphatic carbocycles. The Hall–Kier alpha value is -1.23. The van der Waals surface area contributed by atoms with Crippen LogP contribution in [0.5, 0.6) is 11.5 Å². The highest BCUT2D eigenvalue weighted by Gasteiger charge is 2.09. The second-order valence-corrected chi connectivity index (χ2v) is 4.33. The summed E-state index contributed by atoms with van der Waals surface area (Å²) < 4.78 is 11.6. The van der Waals surface area contributed by atoms with Gasteiger partial charge in [0.05, 0.1) is 19.9 Å². The Balaban J connectivity index is 2.93. The molecule has 1 aromatic carbocycles. The maximum absolute atomic E-state index is 8.53. The lowest BCUT2D eigenvalue weighted by molar-refractivity contribution is 0.288. The standard InChI is InChI=1S/C12H16BrNO3/c1-3-4-5-17-12-7-10(13)9(8-14-15)6-11(12)16-2/h6-8,15H,3-5H2,1-2H3/b14-8+. The van der Waals surface area contributed by atoms with Crippen LogP contribution in [-0.4, -0.2) is 25.1 Å². The minimum atomic E-state index is 0.624. The lowest BCUT2D eigenvalue weighted by atomic mass is 10.2. The number of rotatable bonds is 6. The number of oxime groups is 1. The molecular weight excluding hydrogens is 286 g/mol. The summed E-state index contributed by atoms with van der Waals surface area (Å²) in [6.45, 7) is 2.77. The number of hydrogen-bond donors (Lipinski definition) is 1. The van der Waals surface area contributed by atoms with Gasteiger partial charge in [-0.3, -0.25) is 0 Å². The summed E-state index contributed by atoms with van der Waals surface area (Å²) in [5.41, 5.74) is 0.729. The third-order valence-corrected chi connectivity index (χ3v) is 2.92. The van der Waals surface area contributed by atoms with Crippen LogP contribution in [0.2, 0.25) is 0 Å². The largest absolute Gasteiger partial charge is 0.493 e. The van der Waals surface area contributed by atoms with Crippen molar-refractivity contribution in [2.24, 2.45) is 5.16 Å². The lowest BCUT2D eigenvalue weighted by Crippen LogP contribution is -2.00. The predicted octanol–water partition coefficient (Wildman–Crippen LogP) is 3.44.